The maximum Gasteiger partial charge on any atom is 0.123 e. The number of rotatable bonds is 6. The molecule has 3 nitrogen and oxygen atoms in total. The molecule has 1 N–H and O–H groups in total. The zero-order valence-corrected chi connectivity index (χ0v) is 12.4. The van der Waals surface area contributed by atoms with Gasteiger partial charge in [-0.05, 0) is 37.3 Å². The predicted molar refractivity (Wildman–Crippen MR) is 82.9 cm³/mol. The first-order valence-electron chi connectivity index (χ1n) is 6.52. The van der Waals surface area contributed by atoms with Crippen LogP contribution >= 0.6 is 11.6 Å². The van der Waals surface area contributed by atoms with E-state index in [2.05, 4.69) is 5.32 Å². The van der Waals surface area contributed by atoms with Gasteiger partial charge >= 0.3 is 0 Å². The molecular formula is C16H18ClNO2. The molecule has 0 heterocycles. The molecule has 0 aliphatic rings. The summed E-state index contributed by atoms with van der Waals surface area (Å²) in [5.41, 5.74) is 2.01. The normalized spacial score (nSPS) is 10.2. The molecule has 0 bridgehead atoms. The summed E-state index contributed by atoms with van der Waals surface area (Å²) in [6.07, 6.45) is 0. The highest BCUT2D eigenvalue weighted by atomic mass is 35.5. The SMILES string of the molecule is CCOc1cccc(NCc2cc(Cl)ccc2OC)c1. The van der Waals surface area contributed by atoms with Gasteiger partial charge in [-0.2, -0.15) is 0 Å². The molecule has 0 aromatic heterocycles. The maximum atomic E-state index is 6.02. The summed E-state index contributed by atoms with van der Waals surface area (Å²) < 4.78 is 10.8. The molecule has 0 aliphatic carbocycles. The molecule has 0 amide bonds. The van der Waals surface area contributed by atoms with Gasteiger partial charge in [-0.3, -0.25) is 0 Å². The van der Waals surface area contributed by atoms with E-state index in [1.807, 2.05) is 49.4 Å². The smallest absolute Gasteiger partial charge is 0.123 e. The van der Waals surface area contributed by atoms with Gasteiger partial charge < -0.3 is 14.8 Å². The molecule has 2 aromatic carbocycles. The van der Waals surface area contributed by atoms with Crippen molar-refractivity contribution in [2.75, 3.05) is 19.0 Å². The Balaban J connectivity index is 2.08. The third-order valence-electron chi connectivity index (χ3n) is 2.87. The molecule has 2 aromatic rings. The van der Waals surface area contributed by atoms with Crippen LogP contribution in [0.4, 0.5) is 5.69 Å². The summed E-state index contributed by atoms with van der Waals surface area (Å²) in [4.78, 5) is 0. The highest BCUT2D eigenvalue weighted by molar-refractivity contribution is 6.30. The first-order valence-corrected chi connectivity index (χ1v) is 6.90. The number of nitrogens with one attached hydrogen (secondary N) is 1. The lowest BCUT2D eigenvalue weighted by Gasteiger charge is -2.12. The van der Waals surface area contributed by atoms with Crippen molar-refractivity contribution in [1.29, 1.82) is 0 Å². The second-order valence-corrected chi connectivity index (χ2v) is 4.71. The van der Waals surface area contributed by atoms with Crippen molar-refractivity contribution in [2.24, 2.45) is 0 Å². The first-order chi connectivity index (χ1) is 9.72. The van der Waals surface area contributed by atoms with Crippen LogP contribution in [0, 0.1) is 0 Å². The molecule has 2 rings (SSSR count). The number of methoxy groups -OCH3 is 1. The van der Waals surface area contributed by atoms with Crippen molar-refractivity contribution in [3.63, 3.8) is 0 Å². The lowest BCUT2D eigenvalue weighted by atomic mass is 10.2. The van der Waals surface area contributed by atoms with Crippen molar-refractivity contribution >= 4 is 17.3 Å². The molecule has 0 radical (unpaired) electrons. The number of hydrogen-bond acceptors (Lipinski definition) is 3. The van der Waals surface area contributed by atoms with Crippen molar-refractivity contribution < 1.29 is 9.47 Å². The van der Waals surface area contributed by atoms with Gasteiger partial charge in [0, 0.05) is 28.9 Å². The Kier molecular flexibility index (Phi) is 5.13. The summed E-state index contributed by atoms with van der Waals surface area (Å²) >= 11 is 6.02. The largest absolute Gasteiger partial charge is 0.496 e. The zero-order chi connectivity index (χ0) is 14.4. The van der Waals surface area contributed by atoms with Crippen molar-refractivity contribution in [1.82, 2.24) is 0 Å². The Morgan fingerprint density at radius 1 is 1.15 bits per heavy atom. The lowest BCUT2D eigenvalue weighted by molar-refractivity contribution is 0.340. The minimum atomic E-state index is 0.638. The van der Waals surface area contributed by atoms with E-state index in [1.54, 1.807) is 7.11 Å². The molecule has 0 aliphatic heterocycles. The van der Waals surface area contributed by atoms with Gasteiger partial charge in [0.25, 0.3) is 0 Å². The topological polar surface area (TPSA) is 30.5 Å². The van der Waals surface area contributed by atoms with Gasteiger partial charge in [-0.1, -0.05) is 17.7 Å². The average Bonchev–Trinajstić information content (AvgIpc) is 2.46. The van der Waals surface area contributed by atoms with Gasteiger partial charge in [0.1, 0.15) is 11.5 Å². The number of benzene rings is 2. The Labute approximate surface area is 124 Å². The molecule has 0 atom stereocenters. The van der Waals surface area contributed by atoms with Crippen LogP contribution in [0.15, 0.2) is 42.5 Å². The third-order valence-corrected chi connectivity index (χ3v) is 3.11. The van der Waals surface area contributed by atoms with Gasteiger partial charge in [0.15, 0.2) is 0 Å². The first kappa shape index (κ1) is 14.5. The molecule has 0 spiro atoms. The highest BCUT2D eigenvalue weighted by Gasteiger charge is 2.04. The fourth-order valence-corrected chi connectivity index (χ4v) is 2.14. The van der Waals surface area contributed by atoms with Gasteiger partial charge in [-0.25, -0.2) is 0 Å². The molecule has 0 fully saturated rings. The van der Waals surface area contributed by atoms with Crippen molar-refractivity contribution in [2.45, 2.75) is 13.5 Å². The minimum absolute atomic E-state index is 0.638. The van der Waals surface area contributed by atoms with Crippen molar-refractivity contribution in [3.8, 4) is 11.5 Å². The fraction of sp³-hybridized carbons (Fsp3) is 0.250. The van der Waals surface area contributed by atoms with E-state index in [0.717, 1.165) is 22.7 Å². The predicted octanol–water partition coefficient (Wildman–Crippen LogP) is 4.36. The Morgan fingerprint density at radius 3 is 2.75 bits per heavy atom. The van der Waals surface area contributed by atoms with Crippen LogP contribution in [0.2, 0.25) is 5.02 Å². The van der Waals surface area contributed by atoms with Gasteiger partial charge in [-0.15, -0.1) is 0 Å². The summed E-state index contributed by atoms with van der Waals surface area (Å²) in [6.45, 7) is 3.27. The molecule has 4 heteroatoms. The van der Waals surface area contributed by atoms with Crippen LogP contribution in [0.3, 0.4) is 0 Å². The summed E-state index contributed by atoms with van der Waals surface area (Å²) in [5.74, 6) is 1.68. The maximum absolute atomic E-state index is 6.02. The van der Waals surface area contributed by atoms with E-state index in [1.165, 1.54) is 0 Å². The Morgan fingerprint density at radius 2 is 2.00 bits per heavy atom. The van der Waals surface area contributed by atoms with E-state index in [4.69, 9.17) is 21.1 Å². The molecule has 0 saturated heterocycles. The lowest BCUT2D eigenvalue weighted by Crippen LogP contribution is -2.02. The van der Waals surface area contributed by atoms with Crippen LogP contribution in [0.25, 0.3) is 0 Å². The molecule has 106 valence electrons. The third kappa shape index (κ3) is 3.81. The number of hydrogen-bond donors (Lipinski definition) is 1. The van der Waals surface area contributed by atoms with E-state index < -0.39 is 0 Å². The molecule has 0 unspecified atom stereocenters. The number of anilines is 1. The summed E-state index contributed by atoms with van der Waals surface area (Å²) in [6, 6.07) is 13.5. The Hall–Kier alpha value is -1.87. The van der Waals surface area contributed by atoms with Gasteiger partial charge in [0.05, 0.1) is 13.7 Å². The second kappa shape index (κ2) is 7.06. The van der Waals surface area contributed by atoms with Crippen LogP contribution in [0.1, 0.15) is 12.5 Å². The Bertz CT molecular complexity index is 572. The van der Waals surface area contributed by atoms with E-state index >= 15 is 0 Å². The monoisotopic (exact) mass is 291 g/mol. The van der Waals surface area contributed by atoms with Gasteiger partial charge in [0.2, 0.25) is 0 Å². The number of halogens is 1. The molecule has 20 heavy (non-hydrogen) atoms. The summed E-state index contributed by atoms with van der Waals surface area (Å²) in [5, 5.41) is 4.04. The van der Waals surface area contributed by atoms with E-state index in [-0.39, 0.29) is 0 Å². The zero-order valence-electron chi connectivity index (χ0n) is 11.7. The van der Waals surface area contributed by atoms with Crippen LogP contribution in [-0.2, 0) is 6.54 Å². The number of ether oxygens (including phenoxy) is 2. The van der Waals surface area contributed by atoms with Crippen LogP contribution in [0.5, 0.6) is 11.5 Å². The van der Waals surface area contributed by atoms with Crippen LogP contribution in [-0.4, -0.2) is 13.7 Å². The quantitative estimate of drug-likeness (QED) is 0.858. The second-order valence-electron chi connectivity index (χ2n) is 4.27. The van der Waals surface area contributed by atoms with E-state index in [9.17, 15) is 0 Å². The molecule has 0 saturated carbocycles. The van der Waals surface area contributed by atoms with Crippen LogP contribution < -0.4 is 14.8 Å². The average molecular weight is 292 g/mol. The minimum Gasteiger partial charge on any atom is -0.496 e. The van der Waals surface area contributed by atoms with E-state index in [0.29, 0.717) is 18.2 Å². The standard InChI is InChI=1S/C16H18ClNO2/c1-3-20-15-6-4-5-14(10-15)18-11-12-9-13(17)7-8-16(12)19-2/h4-10,18H,3,11H2,1-2H3. The van der Waals surface area contributed by atoms with Crippen molar-refractivity contribution in [3.05, 3.63) is 53.1 Å². The highest BCUT2D eigenvalue weighted by Crippen LogP contribution is 2.24. The fourth-order valence-electron chi connectivity index (χ4n) is 1.95. The summed E-state index contributed by atoms with van der Waals surface area (Å²) in [7, 11) is 1.66. The molecular weight excluding hydrogens is 274 g/mol.